The van der Waals surface area contributed by atoms with Gasteiger partial charge in [0.1, 0.15) is 5.75 Å². The second kappa shape index (κ2) is 5.82. The Morgan fingerprint density at radius 1 is 1.25 bits per heavy atom. The van der Waals surface area contributed by atoms with E-state index in [2.05, 4.69) is 4.98 Å². The van der Waals surface area contributed by atoms with E-state index in [0.717, 1.165) is 11.4 Å². The van der Waals surface area contributed by atoms with E-state index < -0.39 is 5.82 Å². The Bertz CT molecular complexity index is 653. The van der Waals surface area contributed by atoms with Crippen LogP contribution in [0.15, 0.2) is 30.3 Å². The average Bonchev–Trinajstić information content (AvgIpc) is 2.42. The Kier molecular flexibility index (Phi) is 4.13. The van der Waals surface area contributed by atoms with Crippen LogP contribution in [0.5, 0.6) is 11.5 Å². The highest BCUT2D eigenvalue weighted by Gasteiger charge is 2.11. The number of halogens is 1. The van der Waals surface area contributed by atoms with Gasteiger partial charge in [0.2, 0.25) is 0 Å². The van der Waals surface area contributed by atoms with E-state index in [0.29, 0.717) is 17.7 Å². The first-order valence-electron chi connectivity index (χ1n) is 6.46. The molecule has 0 bridgehead atoms. The molecule has 0 amide bonds. The summed E-state index contributed by atoms with van der Waals surface area (Å²) in [5.74, 6) is -0.107. The Balaban J connectivity index is 2.33. The molecule has 0 fully saturated rings. The Labute approximate surface area is 117 Å². The van der Waals surface area contributed by atoms with Crippen LogP contribution in [0, 0.1) is 12.7 Å². The van der Waals surface area contributed by atoms with Gasteiger partial charge < -0.3 is 4.74 Å². The lowest BCUT2D eigenvalue weighted by atomic mass is 10.1. The van der Waals surface area contributed by atoms with E-state index in [1.54, 1.807) is 12.1 Å². The molecule has 20 heavy (non-hydrogen) atoms. The summed E-state index contributed by atoms with van der Waals surface area (Å²) in [6, 6.07) is 7.79. The van der Waals surface area contributed by atoms with E-state index >= 15 is 0 Å². The first kappa shape index (κ1) is 14.2. The second-order valence-corrected chi connectivity index (χ2v) is 4.55. The lowest BCUT2D eigenvalue weighted by Crippen LogP contribution is -1.98. The number of Topliss-reactive ketones (excluding diaryl/α,β-unsaturated/α-hetero) is 1. The summed E-state index contributed by atoms with van der Waals surface area (Å²) in [6.45, 7) is 5.25. The molecule has 0 N–H and O–H groups in total. The van der Waals surface area contributed by atoms with Gasteiger partial charge in [-0.2, -0.15) is 0 Å². The molecule has 2 aromatic rings. The molecule has 0 atom stereocenters. The van der Waals surface area contributed by atoms with Crippen molar-refractivity contribution in [3.05, 3.63) is 53.1 Å². The van der Waals surface area contributed by atoms with Crippen molar-refractivity contribution in [3.63, 3.8) is 0 Å². The van der Waals surface area contributed by atoms with Crippen LogP contribution in [0.4, 0.5) is 4.39 Å². The molecule has 4 heteroatoms. The molecule has 0 aliphatic rings. The van der Waals surface area contributed by atoms with Crippen molar-refractivity contribution in [2.75, 3.05) is 0 Å². The third-order valence-corrected chi connectivity index (χ3v) is 2.96. The molecule has 0 spiro atoms. The second-order valence-electron chi connectivity index (χ2n) is 4.55. The molecule has 0 radical (unpaired) electrons. The fourth-order valence-corrected chi connectivity index (χ4v) is 1.87. The van der Waals surface area contributed by atoms with Gasteiger partial charge in [-0.25, -0.2) is 4.39 Å². The number of nitrogens with zero attached hydrogens (tertiary/aromatic N) is 1. The van der Waals surface area contributed by atoms with Gasteiger partial charge in [0.25, 0.3) is 0 Å². The highest BCUT2D eigenvalue weighted by molar-refractivity contribution is 5.94. The smallest absolute Gasteiger partial charge is 0.166 e. The van der Waals surface area contributed by atoms with E-state index in [-0.39, 0.29) is 11.5 Å². The third kappa shape index (κ3) is 3.02. The van der Waals surface area contributed by atoms with Crippen molar-refractivity contribution in [1.82, 2.24) is 4.98 Å². The van der Waals surface area contributed by atoms with Crippen LogP contribution in [-0.2, 0) is 6.42 Å². The summed E-state index contributed by atoms with van der Waals surface area (Å²) in [5.41, 5.74) is 1.99. The van der Waals surface area contributed by atoms with Crippen molar-refractivity contribution < 1.29 is 13.9 Å². The van der Waals surface area contributed by atoms with E-state index in [1.807, 2.05) is 19.9 Å². The van der Waals surface area contributed by atoms with Gasteiger partial charge in [-0.3, -0.25) is 9.78 Å². The molecule has 1 heterocycles. The predicted molar refractivity (Wildman–Crippen MR) is 74.8 cm³/mol. The van der Waals surface area contributed by atoms with Gasteiger partial charge in [-0.05, 0) is 50.6 Å². The lowest BCUT2D eigenvalue weighted by molar-refractivity contribution is 0.101. The third-order valence-electron chi connectivity index (χ3n) is 2.96. The molecule has 0 aliphatic carbocycles. The van der Waals surface area contributed by atoms with Gasteiger partial charge in [-0.1, -0.05) is 6.92 Å². The van der Waals surface area contributed by atoms with E-state index in [1.165, 1.54) is 19.1 Å². The maximum Gasteiger partial charge on any atom is 0.166 e. The van der Waals surface area contributed by atoms with Crippen molar-refractivity contribution in [2.24, 2.45) is 0 Å². The minimum absolute atomic E-state index is 0.0929. The summed E-state index contributed by atoms with van der Waals surface area (Å²) in [7, 11) is 0. The first-order chi connectivity index (χ1) is 9.51. The predicted octanol–water partition coefficient (Wildman–Crippen LogP) is 4.09. The number of ketones is 1. The standard InChI is InChI=1S/C16H16FNO2/c1-4-14-16(7-5-10(2)18-14)20-15-8-6-12(11(3)19)9-13(15)17/h5-9H,4H2,1-3H3. The maximum absolute atomic E-state index is 13.9. The lowest BCUT2D eigenvalue weighted by Gasteiger charge is -2.11. The van der Waals surface area contributed by atoms with Gasteiger partial charge in [0.15, 0.2) is 17.3 Å². The molecule has 0 unspecified atom stereocenters. The highest BCUT2D eigenvalue weighted by atomic mass is 19.1. The number of carbonyl (C=O) groups is 1. The number of aryl methyl sites for hydroxylation is 2. The van der Waals surface area contributed by atoms with Gasteiger partial charge >= 0.3 is 0 Å². The molecule has 0 saturated carbocycles. The number of hydrogen-bond donors (Lipinski definition) is 0. The Hall–Kier alpha value is -2.23. The Morgan fingerprint density at radius 3 is 2.55 bits per heavy atom. The fraction of sp³-hybridized carbons (Fsp3) is 0.250. The molecule has 1 aromatic heterocycles. The van der Waals surface area contributed by atoms with Crippen molar-refractivity contribution >= 4 is 5.78 Å². The molecule has 0 saturated heterocycles. The van der Waals surface area contributed by atoms with Crippen LogP contribution in [0.2, 0.25) is 0 Å². The zero-order valence-electron chi connectivity index (χ0n) is 11.7. The van der Waals surface area contributed by atoms with Crippen LogP contribution < -0.4 is 4.74 Å². The van der Waals surface area contributed by atoms with Crippen molar-refractivity contribution in [3.8, 4) is 11.5 Å². The largest absolute Gasteiger partial charge is 0.452 e. The quantitative estimate of drug-likeness (QED) is 0.788. The van der Waals surface area contributed by atoms with Crippen molar-refractivity contribution in [1.29, 1.82) is 0 Å². The molecule has 1 aromatic carbocycles. The summed E-state index contributed by atoms with van der Waals surface area (Å²) < 4.78 is 19.5. The number of hydrogen-bond acceptors (Lipinski definition) is 3. The molecular formula is C16H16FNO2. The first-order valence-corrected chi connectivity index (χ1v) is 6.46. The SMILES string of the molecule is CCc1nc(C)ccc1Oc1ccc(C(C)=O)cc1F. The van der Waals surface area contributed by atoms with Crippen LogP contribution in [0.3, 0.4) is 0 Å². The summed E-state index contributed by atoms with van der Waals surface area (Å²) in [6.07, 6.45) is 0.699. The maximum atomic E-state index is 13.9. The van der Waals surface area contributed by atoms with Crippen molar-refractivity contribution in [2.45, 2.75) is 27.2 Å². The number of aromatic nitrogens is 1. The van der Waals surface area contributed by atoms with Crippen LogP contribution in [0.25, 0.3) is 0 Å². The van der Waals surface area contributed by atoms with E-state index in [9.17, 15) is 9.18 Å². The Morgan fingerprint density at radius 2 is 1.95 bits per heavy atom. The minimum Gasteiger partial charge on any atom is -0.452 e. The zero-order chi connectivity index (χ0) is 14.7. The van der Waals surface area contributed by atoms with Crippen LogP contribution >= 0.6 is 0 Å². The monoisotopic (exact) mass is 273 g/mol. The summed E-state index contributed by atoms with van der Waals surface area (Å²) in [4.78, 5) is 15.5. The van der Waals surface area contributed by atoms with E-state index in [4.69, 9.17) is 4.74 Å². The zero-order valence-corrected chi connectivity index (χ0v) is 11.7. The van der Waals surface area contributed by atoms with Gasteiger partial charge in [0.05, 0.1) is 5.69 Å². The number of carbonyl (C=O) groups excluding carboxylic acids is 1. The van der Waals surface area contributed by atoms with Gasteiger partial charge in [0, 0.05) is 11.3 Å². The topological polar surface area (TPSA) is 39.2 Å². The molecule has 3 nitrogen and oxygen atoms in total. The number of pyridine rings is 1. The normalized spacial score (nSPS) is 10.4. The minimum atomic E-state index is -0.555. The molecule has 0 aliphatic heterocycles. The highest BCUT2D eigenvalue weighted by Crippen LogP contribution is 2.27. The molecule has 104 valence electrons. The van der Waals surface area contributed by atoms with Gasteiger partial charge in [-0.15, -0.1) is 0 Å². The fourth-order valence-electron chi connectivity index (χ4n) is 1.87. The summed E-state index contributed by atoms with van der Waals surface area (Å²) >= 11 is 0. The number of rotatable bonds is 4. The molecule has 2 rings (SSSR count). The number of ether oxygens (including phenoxy) is 1. The summed E-state index contributed by atoms with van der Waals surface area (Å²) in [5, 5.41) is 0. The number of benzene rings is 1. The molecular weight excluding hydrogens is 257 g/mol. The van der Waals surface area contributed by atoms with Crippen LogP contribution in [0.1, 0.15) is 35.6 Å². The average molecular weight is 273 g/mol. The van der Waals surface area contributed by atoms with Crippen LogP contribution in [-0.4, -0.2) is 10.8 Å².